The van der Waals surface area contributed by atoms with Crippen molar-refractivity contribution in [2.75, 3.05) is 6.61 Å². The summed E-state index contributed by atoms with van der Waals surface area (Å²) < 4.78 is 87.4. The largest absolute Gasteiger partial charge is 0.460 e. The molecule has 92 valence electrons. The number of hydrogen-bond donors (Lipinski definition) is 1. The molecule has 0 aliphatic carbocycles. The van der Waals surface area contributed by atoms with Crippen LogP contribution < -0.4 is 0 Å². The van der Waals surface area contributed by atoms with Crippen LogP contribution in [0.2, 0.25) is 0 Å². The van der Waals surface area contributed by atoms with Gasteiger partial charge in [-0.2, -0.15) is 30.7 Å². The number of halogens is 7. The molecule has 0 spiro atoms. The Kier molecular flexibility index (Phi) is 3.97. The molecule has 1 N–H and O–H groups in total. The highest BCUT2D eigenvalue weighted by Crippen LogP contribution is 2.48. The van der Waals surface area contributed by atoms with E-state index < -0.39 is 30.9 Å². The number of rotatable bonds is 4. The second-order valence-corrected chi connectivity index (χ2v) is 2.50. The normalized spacial score (nSPS) is 16.6. The lowest BCUT2D eigenvalue weighted by molar-refractivity contribution is -0.395. The molecule has 0 rings (SSSR count). The van der Waals surface area contributed by atoms with Gasteiger partial charge in [0.2, 0.25) is 6.29 Å². The molecule has 0 saturated carbocycles. The van der Waals surface area contributed by atoms with Crippen molar-refractivity contribution in [3.05, 3.63) is 0 Å². The second-order valence-electron chi connectivity index (χ2n) is 2.50. The zero-order valence-corrected chi connectivity index (χ0v) is 7.29. The first-order valence-electron chi connectivity index (χ1n) is 3.60. The first-order valence-corrected chi connectivity index (χ1v) is 3.60. The van der Waals surface area contributed by atoms with Crippen molar-refractivity contribution in [2.45, 2.75) is 31.2 Å². The van der Waals surface area contributed by atoms with Crippen LogP contribution in [-0.4, -0.2) is 36.0 Å². The minimum absolute atomic E-state index is 0.634. The van der Waals surface area contributed by atoms with Crippen molar-refractivity contribution in [2.24, 2.45) is 0 Å². The van der Waals surface area contributed by atoms with E-state index in [0.717, 1.165) is 6.92 Å². The van der Waals surface area contributed by atoms with Crippen molar-refractivity contribution in [1.82, 2.24) is 0 Å². The van der Waals surface area contributed by atoms with E-state index in [1.54, 1.807) is 0 Å². The molecule has 0 aliphatic rings. The quantitative estimate of drug-likeness (QED) is 0.606. The number of alkyl halides is 7. The van der Waals surface area contributed by atoms with Gasteiger partial charge in [-0.3, -0.25) is 0 Å². The van der Waals surface area contributed by atoms with Gasteiger partial charge in [0, 0.05) is 6.61 Å². The van der Waals surface area contributed by atoms with E-state index in [1.165, 1.54) is 0 Å². The van der Waals surface area contributed by atoms with Crippen molar-refractivity contribution >= 4 is 0 Å². The summed E-state index contributed by atoms with van der Waals surface area (Å²) in [6.07, 6.45) is -9.98. The van der Waals surface area contributed by atoms with Gasteiger partial charge in [-0.15, -0.1) is 0 Å². The summed E-state index contributed by atoms with van der Waals surface area (Å²) in [7, 11) is 0. The minimum Gasteiger partial charge on any atom is -0.363 e. The predicted octanol–water partition coefficient (Wildman–Crippen LogP) is 2.17. The molecule has 15 heavy (non-hydrogen) atoms. The van der Waals surface area contributed by atoms with Crippen LogP contribution in [0.25, 0.3) is 0 Å². The average molecular weight is 244 g/mol. The highest BCUT2D eigenvalue weighted by atomic mass is 19.4. The standard InChI is InChI=1S/C6H7F7O2/c1-2-15-3(14)4(7,8)5(9,10)6(11,12)13/h3,14H,2H2,1H3. The topological polar surface area (TPSA) is 29.5 Å². The van der Waals surface area contributed by atoms with Gasteiger partial charge in [-0.1, -0.05) is 0 Å². The number of aliphatic hydroxyl groups excluding tert-OH is 1. The van der Waals surface area contributed by atoms with Crippen molar-refractivity contribution < 1.29 is 40.6 Å². The Morgan fingerprint density at radius 3 is 1.73 bits per heavy atom. The molecule has 0 aromatic carbocycles. The van der Waals surface area contributed by atoms with Gasteiger partial charge in [-0.05, 0) is 6.92 Å². The maximum absolute atomic E-state index is 12.4. The van der Waals surface area contributed by atoms with Gasteiger partial charge in [-0.25, -0.2) is 0 Å². The molecule has 2 nitrogen and oxygen atoms in total. The molecule has 0 fully saturated rings. The van der Waals surface area contributed by atoms with E-state index in [0.29, 0.717) is 0 Å². The van der Waals surface area contributed by atoms with Gasteiger partial charge in [0.15, 0.2) is 0 Å². The molecule has 0 bridgehead atoms. The summed E-state index contributed by atoms with van der Waals surface area (Å²) in [6, 6.07) is 0. The van der Waals surface area contributed by atoms with Crippen LogP contribution in [0.5, 0.6) is 0 Å². The molecule has 1 atom stereocenters. The fraction of sp³-hybridized carbons (Fsp3) is 1.00. The van der Waals surface area contributed by atoms with Crippen LogP contribution in [-0.2, 0) is 4.74 Å². The highest BCUT2D eigenvalue weighted by molar-refractivity contribution is 4.92. The Balaban J connectivity index is 5.00. The zero-order valence-electron chi connectivity index (χ0n) is 7.29. The van der Waals surface area contributed by atoms with E-state index >= 15 is 0 Å². The van der Waals surface area contributed by atoms with Crippen LogP contribution in [0.15, 0.2) is 0 Å². The van der Waals surface area contributed by atoms with Crippen molar-refractivity contribution in [3.8, 4) is 0 Å². The Morgan fingerprint density at radius 1 is 1.07 bits per heavy atom. The number of aliphatic hydroxyl groups is 1. The summed E-state index contributed by atoms with van der Waals surface area (Å²) in [5.41, 5.74) is 0. The molecule has 0 radical (unpaired) electrons. The SMILES string of the molecule is CCOC(O)C(F)(F)C(F)(F)C(F)(F)F. The fourth-order valence-electron chi connectivity index (χ4n) is 0.607. The van der Waals surface area contributed by atoms with Crippen molar-refractivity contribution in [3.63, 3.8) is 0 Å². The summed E-state index contributed by atoms with van der Waals surface area (Å²) in [4.78, 5) is 0. The van der Waals surface area contributed by atoms with Crippen LogP contribution in [0, 0.1) is 0 Å². The third kappa shape index (κ3) is 2.51. The molecule has 0 aromatic rings. The molecule has 1 unspecified atom stereocenters. The van der Waals surface area contributed by atoms with E-state index in [9.17, 15) is 30.7 Å². The van der Waals surface area contributed by atoms with E-state index in [-0.39, 0.29) is 0 Å². The Labute approximate surface area is 79.6 Å². The Bertz CT molecular complexity index is 212. The second kappa shape index (κ2) is 4.12. The van der Waals surface area contributed by atoms with E-state index in [4.69, 9.17) is 5.11 Å². The first-order chi connectivity index (χ1) is 6.48. The smallest absolute Gasteiger partial charge is 0.363 e. The van der Waals surface area contributed by atoms with Gasteiger partial charge in [0.05, 0.1) is 0 Å². The Hall–Kier alpha value is -0.570. The molecule has 0 heterocycles. The lowest BCUT2D eigenvalue weighted by Gasteiger charge is -2.30. The van der Waals surface area contributed by atoms with Gasteiger partial charge >= 0.3 is 18.0 Å². The average Bonchev–Trinajstić information content (AvgIpc) is 2.02. The lowest BCUT2D eigenvalue weighted by atomic mass is 10.1. The third-order valence-corrected chi connectivity index (χ3v) is 1.41. The Morgan fingerprint density at radius 2 is 1.47 bits per heavy atom. The summed E-state index contributed by atoms with van der Waals surface area (Å²) in [5.74, 6) is -12.1. The number of hydrogen-bond acceptors (Lipinski definition) is 2. The molecule has 0 amide bonds. The van der Waals surface area contributed by atoms with E-state index in [1.807, 2.05) is 0 Å². The van der Waals surface area contributed by atoms with Gasteiger partial charge in [0.25, 0.3) is 0 Å². The third-order valence-electron chi connectivity index (χ3n) is 1.41. The van der Waals surface area contributed by atoms with Crippen LogP contribution in [0.4, 0.5) is 30.7 Å². The van der Waals surface area contributed by atoms with Crippen LogP contribution >= 0.6 is 0 Å². The fourth-order valence-corrected chi connectivity index (χ4v) is 0.607. The van der Waals surface area contributed by atoms with Crippen molar-refractivity contribution in [1.29, 1.82) is 0 Å². The van der Waals surface area contributed by atoms with Crippen LogP contribution in [0.3, 0.4) is 0 Å². The molecular formula is C6H7F7O2. The highest BCUT2D eigenvalue weighted by Gasteiger charge is 2.76. The molecule has 9 heteroatoms. The first kappa shape index (κ1) is 14.4. The lowest BCUT2D eigenvalue weighted by Crippen LogP contribution is -2.58. The molecular weight excluding hydrogens is 237 g/mol. The maximum atomic E-state index is 12.4. The molecule has 0 aromatic heterocycles. The summed E-state index contributed by atoms with van der Waals surface area (Å²) in [5, 5.41) is 8.32. The monoisotopic (exact) mass is 244 g/mol. The predicted molar refractivity (Wildman–Crippen MR) is 33.6 cm³/mol. The summed E-state index contributed by atoms with van der Waals surface area (Å²) in [6.45, 7) is 0.412. The van der Waals surface area contributed by atoms with E-state index in [2.05, 4.69) is 4.74 Å². The number of ether oxygens (including phenoxy) is 1. The van der Waals surface area contributed by atoms with Gasteiger partial charge < -0.3 is 9.84 Å². The van der Waals surface area contributed by atoms with Crippen LogP contribution in [0.1, 0.15) is 6.92 Å². The van der Waals surface area contributed by atoms with Gasteiger partial charge in [0.1, 0.15) is 0 Å². The summed E-state index contributed by atoms with van der Waals surface area (Å²) >= 11 is 0. The minimum atomic E-state index is -6.46. The maximum Gasteiger partial charge on any atom is 0.460 e. The zero-order chi connectivity index (χ0) is 12.5. The molecule has 0 aliphatic heterocycles. The molecule has 0 saturated heterocycles.